The van der Waals surface area contributed by atoms with E-state index in [1.54, 1.807) is 0 Å². The molecule has 7 nitrogen and oxygen atoms in total. The zero-order chi connectivity index (χ0) is 19.8. The number of benzene rings is 1. The number of ether oxygens (including phenoxy) is 1. The van der Waals surface area contributed by atoms with Crippen LogP contribution in [0.5, 0.6) is 10.9 Å². The number of rotatable bonds is 5. The lowest BCUT2D eigenvalue weighted by atomic mass is 10.1. The smallest absolute Gasteiger partial charge is 0.337 e. The zero-order valence-corrected chi connectivity index (χ0v) is 16.4. The Morgan fingerprint density at radius 2 is 2.07 bits per heavy atom. The van der Waals surface area contributed by atoms with Gasteiger partial charge in [-0.1, -0.05) is 17.8 Å². The molecule has 0 saturated carbocycles. The molecule has 0 spiro atoms. The molecule has 8 heteroatoms. The summed E-state index contributed by atoms with van der Waals surface area (Å²) in [6.45, 7) is 3.07. The maximum Gasteiger partial charge on any atom is 0.337 e. The Hall–Kier alpha value is -2.97. The number of piperidine rings is 1. The highest BCUT2D eigenvalue weighted by Crippen LogP contribution is 2.34. The molecule has 3 aromatic heterocycles. The summed E-state index contributed by atoms with van der Waals surface area (Å²) in [4.78, 5) is 22.2. The molecule has 0 aliphatic carbocycles. The molecule has 0 atom stereocenters. The second kappa shape index (κ2) is 7.46. The molecule has 148 valence electrons. The van der Waals surface area contributed by atoms with E-state index < -0.39 is 5.97 Å². The number of furan rings is 1. The van der Waals surface area contributed by atoms with Crippen molar-refractivity contribution in [3.63, 3.8) is 0 Å². The zero-order valence-electron chi connectivity index (χ0n) is 15.6. The number of hydrogen-bond acceptors (Lipinski definition) is 7. The first-order valence-electron chi connectivity index (χ1n) is 9.57. The third-order valence-electron chi connectivity index (χ3n) is 5.08. The summed E-state index contributed by atoms with van der Waals surface area (Å²) in [6, 6.07) is 9.20. The molecule has 1 N–H and O–H groups in total. The average molecular weight is 409 g/mol. The third kappa shape index (κ3) is 3.68. The van der Waals surface area contributed by atoms with E-state index in [4.69, 9.17) is 9.15 Å². The molecule has 0 amide bonds. The van der Waals surface area contributed by atoms with Crippen LogP contribution in [-0.2, 0) is 6.54 Å². The number of hydrogen-bond donors (Lipinski definition) is 1. The van der Waals surface area contributed by atoms with Crippen molar-refractivity contribution in [2.24, 2.45) is 0 Å². The van der Waals surface area contributed by atoms with Crippen LogP contribution < -0.4 is 4.74 Å². The van der Waals surface area contributed by atoms with Crippen LogP contribution in [0.1, 0.15) is 35.4 Å². The normalized spacial score (nSPS) is 15.2. The van der Waals surface area contributed by atoms with Crippen LogP contribution in [0.3, 0.4) is 0 Å². The van der Waals surface area contributed by atoms with Gasteiger partial charge in [-0.25, -0.2) is 9.78 Å². The van der Waals surface area contributed by atoms with Gasteiger partial charge in [-0.15, -0.1) is 0 Å². The highest BCUT2D eigenvalue weighted by molar-refractivity contribution is 7.20. The molecule has 1 aliphatic rings. The van der Waals surface area contributed by atoms with Crippen LogP contribution in [0.25, 0.3) is 21.3 Å². The van der Waals surface area contributed by atoms with Gasteiger partial charge in [0.1, 0.15) is 17.1 Å². The van der Waals surface area contributed by atoms with E-state index in [9.17, 15) is 9.90 Å². The van der Waals surface area contributed by atoms with E-state index in [1.165, 1.54) is 42.9 Å². The molecule has 1 fully saturated rings. The standard InChI is InChI=1S/C21H19N3O4S/c25-20(26)16-6-7-22-19-18(16)29-21(23-19)28-14-5-4-13-10-15(27-17(13)11-14)12-24-8-2-1-3-9-24/h4-7,10-11H,1-3,8-9,12H2,(H,25,26). The van der Waals surface area contributed by atoms with E-state index in [0.717, 1.165) is 36.4 Å². The first kappa shape index (κ1) is 18.1. The summed E-state index contributed by atoms with van der Waals surface area (Å²) in [7, 11) is 0. The Morgan fingerprint density at radius 3 is 2.90 bits per heavy atom. The number of thiazole rings is 1. The van der Waals surface area contributed by atoms with Crippen LogP contribution in [0.4, 0.5) is 0 Å². The summed E-state index contributed by atoms with van der Waals surface area (Å²) in [6.07, 6.45) is 5.25. The van der Waals surface area contributed by atoms with Gasteiger partial charge in [-0.3, -0.25) is 4.90 Å². The first-order chi connectivity index (χ1) is 14.2. The number of fused-ring (bicyclic) bond motifs is 2. The van der Waals surface area contributed by atoms with E-state index in [2.05, 4.69) is 20.9 Å². The SMILES string of the molecule is O=C(O)c1ccnc2nc(Oc3ccc4cc(CN5CCCCC5)oc4c3)sc12. The fourth-order valence-electron chi connectivity index (χ4n) is 3.67. The van der Waals surface area contributed by atoms with Crippen LogP contribution in [0.2, 0.25) is 0 Å². The van der Waals surface area contributed by atoms with Gasteiger partial charge in [0, 0.05) is 17.6 Å². The maximum atomic E-state index is 11.4. The van der Waals surface area contributed by atoms with E-state index >= 15 is 0 Å². The number of likely N-dealkylation sites (tertiary alicyclic amines) is 1. The molecule has 1 aromatic carbocycles. The van der Waals surface area contributed by atoms with E-state index in [1.807, 2.05) is 18.2 Å². The molecule has 1 aliphatic heterocycles. The second-order valence-corrected chi connectivity index (χ2v) is 8.11. The summed E-state index contributed by atoms with van der Waals surface area (Å²) in [5.41, 5.74) is 1.30. The van der Waals surface area contributed by atoms with Gasteiger partial charge >= 0.3 is 5.97 Å². The molecule has 0 unspecified atom stereocenters. The minimum Gasteiger partial charge on any atom is -0.478 e. The van der Waals surface area contributed by atoms with Crippen molar-refractivity contribution in [3.05, 3.63) is 47.9 Å². The predicted molar refractivity (Wildman–Crippen MR) is 110 cm³/mol. The van der Waals surface area contributed by atoms with Crippen molar-refractivity contribution in [1.29, 1.82) is 0 Å². The lowest BCUT2D eigenvalue weighted by Crippen LogP contribution is -2.28. The summed E-state index contributed by atoms with van der Waals surface area (Å²) >= 11 is 1.17. The monoisotopic (exact) mass is 409 g/mol. The number of carbonyl (C=O) groups is 1. The number of pyridine rings is 1. The molecular formula is C21H19N3O4S. The molecular weight excluding hydrogens is 390 g/mol. The van der Waals surface area contributed by atoms with Gasteiger partial charge in [0.15, 0.2) is 5.65 Å². The van der Waals surface area contributed by atoms with Crippen molar-refractivity contribution in [2.45, 2.75) is 25.8 Å². The minimum atomic E-state index is -1.01. The van der Waals surface area contributed by atoms with Gasteiger partial charge in [-0.2, -0.15) is 4.98 Å². The summed E-state index contributed by atoms with van der Waals surface area (Å²) in [5, 5.41) is 10.7. The number of nitrogens with zero attached hydrogens (tertiary/aromatic N) is 3. The molecule has 5 rings (SSSR count). The van der Waals surface area contributed by atoms with E-state index in [-0.39, 0.29) is 5.56 Å². The van der Waals surface area contributed by atoms with Crippen LogP contribution in [0, 0.1) is 0 Å². The highest BCUT2D eigenvalue weighted by Gasteiger charge is 2.16. The quantitative estimate of drug-likeness (QED) is 0.501. The Bertz CT molecular complexity index is 1190. The van der Waals surface area contributed by atoms with Gasteiger partial charge in [0.05, 0.1) is 16.8 Å². The number of carboxylic acids is 1. The number of carboxylic acid groups (broad SMARTS) is 1. The van der Waals surface area contributed by atoms with Crippen molar-refractivity contribution in [3.8, 4) is 10.9 Å². The van der Waals surface area contributed by atoms with Crippen LogP contribution >= 0.6 is 11.3 Å². The highest BCUT2D eigenvalue weighted by atomic mass is 32.1. The second-order valence-electron chi connectivity index (χ2n) is 7.15. The van der Waals surface area contributed by atoms with Gasteiger partial charge in [0.2, 0.25) is 0 Å². The van der Waals surface area contributed by atoms with Crippen LogP contribution in [0.15, 0.2) is 40.9 Å². The Balaban J connectivity index is 1.38. The number of aromatic nitrogens is 2. The third-order valence-corrected chi connectivity index (χ3v) is 6.03. The largest absolute Gasteiger partial charge is 0.478 e. The van der Waals surface area contributed by atoms with Crippen molar-refractivity contribution in [2.75, 3.05) is 13.1 Å². The van der Waals surface area contributed by atoms with Crippen molar-refractivity contribution in [1.82, 2.24) is 14.9 Å². The Labute approximate surface area is 170 Å². The lowest BCUT2D eigenvalue weighted by Gasteiger charge is -2.25. The van der Waals surface area contributed by atoms with Gasteiger partial charge in [0.25, 0.3) is 5.19 Å². The lowest BCUT2D eigenvalue weighted by molar-refractivity contribution is 0.0699. The molecule has 4 heterocycles. The van der Waals surface area contributed by atoms with Gasteiger partial charge in [-0.05, 0) is 50.2 Å². The first-order valence-corrected chi connectivity index (χ1v) is 10.4. The fraction of sp³-hybridized carbons (Fsp3) is 0.286. The Morgan fingerprint density at radius 1 is 1.21 bits per heavy atom. The van der Waals surface area contributed by atoms with Gasteiger partial charge < -0.3 is 14.3 Å². The Kier molecular flexibility index (Phi) is 4.65. The minimum absolute atomic E-state index is 0.172. The molecule has 29 heavy (non-hydrogen) atoms. The predicted octanol–water partition coefficient (Wildman–Crippen LogP) is 4.91. The average Bonchev–Trinajstić information content (AvgIpc) is 3.30. The number of aromatic carboxylic acids is 1. The van der Waals surface area contributed by atoms with Crippen molar-refractivity contribution < 1.29 is 19.1 Å². The molecule has 0 bridgehead atoms. The maximum absolute atomic E-state index is 11.4. The molecule has 1 saturated heterocycles. The van der Waals surface area contributed by atoms with Crippen LogP contribution in [-0.4, -0.2) is 39.0 Å². The van der Waals surface area contributed by atoms with Crippen molar-refractivity contribution >= 4 is 38.6 Å². The molecule has 0 radical (unpaired) electrons. The fourth-order valence-corrected chi connectivity index (χ4v) is 4.57. The molecule has 4 aromatic rings. The van der Waals surface area contributed by atoms with E-state index in [0.29, 0.717) is 21.3 Å². The topological polar surface area (TPSA) is 88.7 Å². The summed E-state index contributed by atoms with van der Waals surface area (Å²) in [5.74, 6) is 0.535. The summed E-state index contributed by atoms with van der Waals surface area (Å²) < 4.78 is 12.4.